The fraction of sp³-hybridized carbons (Fsp3) is 0.556. The highest BCUT2D eigenvalue weighted by Crippen LogP contribution is 2.17. The van der Waals surface area contributed by atoms with Crippen LogP contribution in [0.1, 0.15) is 51.6 Å². The van der Waals surface area contributed by atoms with E-state index in [1.54, 1.807) is 0 Å². The van der Waals surface area contributed by atoms with Crippen LogP contribution >= 0.6 is 0 Å². The lowest BCUT2D eigenvalue weighted by Gasteiger charge is -2.15. The smallest absolute Gasteiger partial charge is 0.220 e. The van der Waals surface area contributed by atoms with E-state index < -0.39 is 0 Å². The van der Waals surface area contributed by atoms with Crippen molar-refractivity contribution in [2.45, 2.75) is 46.1 Å². The number of nitrogens with one attached hydrogen (secondary N) is 2. The van der Waals surface area contributed by atoms with Gasteiger partial charge in [0.25, 0.3) is 0 Å². The van der Waals surface area contributed by atoms with Crippen molar-refractivity contribution in [2.75, 3.05) is 19.7 Å². The molecule has 1 aromatic rings. The summed E-state index contributed by atoms with van der Waals surface area (Å²) in [5.41, 5.74) is 6.75. The summed E-state index contributed by atoms with van der Waals surface area (Å²) in [5.74, 6) is 1.32. The Labute approximate surface area is 144 Å². The quantitative estimate of drug-likeness (QED) is 0.348. The molecule has 0 bridgehead atoms. The first-order chi connectivity index (χ1) is 11.6. The summed E-state index contributed by atoms with van der Waals surface area (Å²) in [4.78, 5) is 16.1. The summed E-state index contributed by atoms with van der Waals surface area (Å²) in [7, 11) is 0. The van der Waals surface area contributed by atoms with Crippen LogP contribution in [0, 0.1) is 0 Å². The third kappa shape index (κ3) is 7.85. The highest BCUT2D eigenvalue weighted by molar-refractivity contribution is 5.78. The van der Waals surface area contributed by atoms with Crippen LogP contribution in [-0.2, 0) is 4.79 Å². The van der Waals surface area contributed by atoms with E-state index in [2.05, 4.69) is 15.6 Å². The first-order valence-electron chi connectivity index (χ1n) is 8.62. The maximum Gasteiger partial charge on any atom is 0.220 e. The molecule has 1 aromatic carbocycles. The van der Waals surface area contributed by atoms with Crippen molar-refractivity contribution in [3.8, 4) is 5.75 Å². The molecular formula is C18H30N4O2. The zero-order valence-corrected chi connectivity index (χ0v) is 15.0. The Hall–Kier alpha value is -2.24. The van der Waals surface area contributed by atoms with Gasteiger partial charge in [0, 0.05) is 19.5 Å². The third-order valence-corrected chi connectivity index (χ3v) is 3.46. The first kappa shape index (κ1) is 19.8. The number of ether oxygens (including phenoxy) is 1. The Balaban J connectivity index is 2.28. The van der Waals surface area contributed by atoms with Crippen LogP contribution in [0.5, 0.6) is 5.75 Å². The van der Waals surface area contributed by atoms with Crippen molar-refractivity contribution in [1.29, 1.82) is 0 Å². The van der Waals surface area contributed by atoms with E-state index in [0.29, 0.717) is 32.0 Å². The highest BCUT2D eigenvalue weighted by Gasteiger charge is 2.09. The molecular weight excluding hydrogens is 304 g/mol. The molecule has 1 amide bonds. The van der Waals surface area contributed by atoms with Crippen molar-refractivity contribution in [1.82, 2.24) is 10.6 Å². The van der Waals surface area contributed by atoms with Gasteiger partial charge < -0.3 is 21.1 Å². The Morgan fingerprint density at radius 3 is 2.62 bits per heavy atom. The number of hydrogen-bond acceptors (Lipinski definition) is 3. The molecule has 0 heterocycles. The second-order valence-electron chi connectivity index (χ2n) is 5.59. The zero-order chi connectivity index (χ0) is 17.8. The molecule has 0 aromatic heterocycles. The standard InChI is InChI=1S/C18H30N4O2/c1-4-12-20-18(19)21-13-6-7-17(23)22-14(3)15-8-10-16(11-9-15)24-5-2/h8-11,14H,4-7,12-13H2,1-3H3,(H,22,23)(H3,19,20,21). The number of carbonyl (C=O) groups is 1. The van der Waals surface area contributed by atoms with Gasteiger partial charge >= 0.3 is 0 Å². The first-order valence-corrected chi connectivity index (χ1v) is 8.62. The number of guanidine groups is 1. The van der Waals surface area contributed by atoms with E-state index in [1.165, 1.54) is 0 Å². The van der Waals surface area contributed by atoms with Crippen LogP contribution in [0.2, 0.25) is 0 Å². The van der Waals surface area contributed by atoms with Crippen LogP contribution in [0.3, 0.4) is 0 Å². The van der Waals surface area contributed by atoms with Crippen molar-refractivity contribution in [2.24, 2.45) is 10.7 Å². The van der Waals surface area contributed by atoms with Gasteiger partial charge in [-0.3, -0.25) is 9.79 Å². The minimum Gasteiger partial charge on any atom is -0.494 e. The van der Waals surface area contributed by atoms with Gasteiger partial charge in [0.2, 0.25) is 5.91 Å². The summed E-state index contributed by atoms with van der Waals surface area (Å²) in [6.07, 6.45) is 2.13. The predicted octanol–water partition coefficient (Wildman–Crippen LogP) is 2.36. The molecule has 0 aliphatic heterocycles. The third-order valence-electron chi connectivity index (χ3n) is 3.46. The van der Waals surface area contributed by atoms with E-state index >= 15 is 0 Å². The monoisotopic (exact) mass is 334 g/mol. The molecule has 0 radical (unpaired) electrons. The van der Waals surface area contributed by atoms with Crippen molar-refractivity contribution >= 4 is 11.9 Å². The largest absolute Gasteiger partial charge is 0.494 e. The Morgan fingerprint density at radius 1 is 1.29 bits per heavy atom. The number of amides is 1. The van der Waals surface area contributed by atoms with E-state index in [-0.39, 0.29) is 11.9 Å². The minimum atomic E-state index is -0.0303. The van der Waals surface area contributed by atoms with Crippen molar-refractivity contribution in [3.63, 3.8) is 0 Å². The molecule has 4 N–H and O–H groups in total. The minimum absolute atomic E-state index is 0.0299. The van der Waals surface area contributed by atoms with Crippen molar-refractivity contribution < 1.29 is 9.53 Å². The van der Waals surface area contributed by atoms with Gasteiger partial charge in [0.05, 0.1) is 12.6 Å². The number of rotatable bonds is 10. The van der Waals surface area contributed by atoms with Gasteiger partial charge in [-0.1, -0.05) is 19.1 Å². The summed E-state index contributed by atoms with van der Waals surface area (Å²) in [6.45, 7) is 7.99. The molecule has 24 heavy (non-hydrogen) atoms. The van der Waals surface area contributed by atoms with Gasteiger partial charge in [-0.05, 0) is 44.4 Å². The average molecular weight is 334 g/mol. The van der Waals surface area contributed by atoms with Crippen LogP contribution in [-0.4, -0.2) is 31.6 Å². The van der Waals surface area contributed by atoms with Crippen molar-refractivity contribution in [3.05, 3.63) is 29.8 Å². The molecule has 1 atom stereocenters. The fourth-order valence-corrected chi connectivity index (χ4v) is 2.17. The summed E-state index contributed by atoms with van der Waals surface area (Å²) < 4.78 is 5.42. The Morgan fingerprint density at radius 2 is 2.00 bits per heavy atom. The van der Waals surface area contributed by atoms with Crippen LogP contribution in [0.4, 0.5) is 0 Å². The maximum atomic E-state index is 12.0. The molecule has 6 nitrogen and oxygen atoms in total. The molecule has 1 rings (SSSR count). The number of aliphatic imine (C=N–C) groups is 1. The SMILES string of the molecule is CCCN=C(N)NCCCC(=O)NC(C)c1ccc(OCC)cc1. The lowest BCUT2D eigenvalue weighted by molar-refractivity contribution is -0.121. The zero-order valence-electron chi connectivity index (χ0n) is 15.0. The van der Waals surface area contributed by atoms with E-state index in [4.69, 9.17) is 10.5 Å². The van der Waals surface area contributed by atoms with Crippen LogP contribution < -0.4 is 21.1 Å². The molecule has 0 spiro atoms. The van der Waals surface area contributed by atoms with Gasteiger partial charge in [-0.15, -0.1) is 0 Å². The molecule has 0 fully saturated rings. The second kappa shape index (κ2) is 11.3. The summed E-state index contributed by atoms with van der Waals surface area (Å²) in [6, 6.07) is 7.76. The number of hydrogen-bond donors (Lipinski definition) is 3. The van der Waals surface area contributed by atoms with Gasteiger partial charge in [-0.25, -0.2) is 0 Å². The molecule has 134 valence electrons. The fourth-order valence-electron chi connectivity index (χ4n) is 2.17. The predicted molar refractivity (Wildman–Crippen MR) is 98.2 cm³/mol. The Bertz CT molecular complexity index is 514. The second-order valence-corrected chi connectivity index (χ2v) is 5.59. The van der Waals surface area contributed by atoms with Gasteiger partial charge in [-0.2, -0.15) is 0 Å². The van der Waals surface area contributed by atoms with Gasteiger partial charge in [0.15, 0.2) is 5.96 Å². The highest BCUT2D eigenvalue weighted by atomic mass is 16.5. The van der Waals surface area contributed by atoms with E-state index in [1.807, 2.05) is 45.0 Å². The number of carbonyl (C=O) groups excluding carboxylic acids is 1. The summed E-state index contributed by atoms with van der Waals surface area (Å²) in [5, 5.41) is 6.01. The van der Waals surface area contributed by atoms with Crippen LogP contribution in [0.25, 0.3) is 0 Å². The molecule has 0 saturated carbocycles. The summed E-state index contributed by atoms with van der Waals surface area (Å²) >= 11 is 0. The van der Waals surface area contributed by atoms with E-state index in [0.717, 1.165) is 24.3 Å². The van der Waals surface area contributed by atoms with E-state index in [9.17, 15) is 4.79 Å². The normalized spacial score (nSPS) is 12.5. The van der Waals surface area contributed by atoms with Gasteiger partial charge in [0.1, 0.15) is 5.75 Å². The average Bonchev–Trinajstić information content (AvgIpc) is 2.57. The lowest BCUT2D eigenvalue weighted by Crippen LogP contribution is -2.33. The molecule has 0 aliphatic rings. The lowest BCUT2D eigenvalue weighted by atomic mass is 10.1. The molecule has 6 heteroatoms. The van der Waals surface area contributed by atoms with Crippen LogP contribution in [0.15, 0.2) is 29.3 Å². The Kier molecular flexibility index (Phi) is 9.34. The number of benzene rings is 1. The number of nitrogens with two attached hydrogens (primary N) is 1. The maximum absolute atomic E-state index is 12.0. The molecule has 0 saturated heterocycles. The number of nitrogens with zero attached hydrogens (tertiary/aromatic N) is 1. The topological polar surface area (TPSA) is 88.7 Å². The molecule has 1 unspecified atom stereocenters. The molecule has 0 aliphatic carbocycles.